The molecule has 0 saturated carbocycles. The molecule has 1 aromatic carbocycles. The summed E-state index contributed by atoms with van der Waals surface area (Å²) < 4.78 is 0. The van der Waals surface area contributed by atoms with E-state index in [1.54, 1.807) is 18.2 Å². The van der Waals surface area contributed by atoms with Crippen LogP contribution in [0.25, 0.3) is 0 Å². The van der Waals surface area contributed by atoms with Crippen LogP contribution in [0.15, 0.2) is 49.1 Å². The number of piperidine rings is 1. The molecular formula is C25H29N5O3. The van der Waals surface area contributed by atoms with Crippen molar-refractivity contribution < 1.29 is 14.4 Å². The number of likely N-dealkylation sites (tertiary alicyclic amines) is 1. The number of anilines is 3. The predicted molar refractivity (Wildman–Crippen MR) is 128 cm³/mol. The Morgan fingerprint density at radius 3 is 2.48 bits per heavy atom. The van der Waals surface area contributed by atoms with Gasteiger partial charge in [0.25, 0.3) is 5.91 Å². The largest absolute Gasteiger partial charge is 0.354 e. The lowest BCUT2D eigenvalue weighted by Gasteiger charge is -2.26. The van der Waals surface area contributed by atoms with Gasteiger partial charge in [0.1, 0.15) is 11.6 Å². The average Bonchev–Trinajstić information content (AvgIpc) is 3.33. The van der Waals surface area contributed by atoms with E-state index in [1.807, 2.05) is 23.1 Å². The number of aromatic nitrogens is 1. The van der Waals surface area contributed by atoms with E-state index >= 15 is 0 Å². The molecular weight excluding hydrogens is 418 g/mol. The van der Waals surface area contributed by atoms with Crippen molar-refractivity contribution in [1.29, 1.82) is 0 Å². The molecule has 2 saturated heterocycles. The van der Waals surface area contributed by atoms with Gasteiger partial charge in [-0.3, -0.25) is 14.4 Å². The molecule has 4 rings (SSSR count). The summed E-state index contributed by atoms with van der Waals surface area (Å²) >= 11 is 0. The van der Waals surface area contributed by atoms with Crippen molar-refractivity contribution in [2.24, 2.45) is 0 Å². The molecule has 0 spiro atoms. The normalized spacial score (nSPS) is 18.0. The number of pyridine rings is 1. The molecule has 0 aliphatic carbocycles. The second-order valence-electron chi connectivity index (χ2n) is 8.42. The number of nitrogens with zero attached hydrogens (tertiary/aromatic N) is 3. The second-order valence-corrected chi connectivity index (χ2v) is 8.42. The van der Waals surface area contributed by atoms with Gasteiger partial charge < -0.3 is 20.4 Å². The van der Waals surface area contributed by atoms with Gasteiger partial charge in [0.05, 0.1) is 5.56 Å². The van der Waals surface area contributed by atoms with E-state index in [-0.39, 0.29) is 17.9 Å². The van der Waals surface area contributed by atoms with Gasteiger partial charge in [-0.25, -0.2) is 4.98 Å². The van der Waals surface area contributed by atoms with Crippen LogP contribution in [0.1, 0.15) is 46.4 Å². The molecule has 2 amide bonds. The molecule has 3 heterocycles. The molecule has 1 aromatic heterocycles. The standard InChI is InChI=1S/C25H29N5O3/c1-2-23(32)26-21-12-15-30(16-21)22-11-8-19(17-31)24(28-22)27-20-9-6-18(7-10-20)25(33)29-13-4-3-5-14-29/h2,6-11,17,21H,1,3-5,12-16H2,(H,26,32)(H,27,28)/t21-/m0/s1. The zero-order chi connectivity index (χ0) is 23.2. The Morgan fingerprint density at radius 1 is 1.03 bits per heavy atom. The van der Waals surface area contributed by atoms with Gasteiger partial charge in [0, 0.05) is 43.5 Å². The molecule has 8 heteroatoms. The van der Waals surface area contributed by atoms with E-state index in [1.165, 1.54) is 12.5 Å². The fraction of sp³-hybridized carbons (Fsp3) is 0.360. The van der Waals surface area contributed by atoms with Crippen LogP contribution < -0.4 is 15.5 Å². The van der Waals surface area contributed by atoms with Gasteiger partial charge in [0.2, 0.25) is 5.91 Å². The molecule has 33 heavy (non-hydrogen) atoms. The van der Waals surface area contributed by atoms with E-state index < -0.39 is 0 Å². The zero-order valence-electron chi connectivity index (χ0n) is 18.6. The summed E-state index contributed by atoms with van der Waals surface area (Å²) in [6.07, 6.45) is 6.14. The summed E-state index contributed by atoms with van der Waals surface area (Å²) in [5, 5.41) is 6.12. The minimum absolute atomic E-state index is 0.0319. The molecule has 2 N–H and O–H groups in total. The quantitative estimate of drug-likeness (QED) is 0.500. The third-order valence-electron chi connectivity index (χ3n) is 6.12. The highest BCUT2D eigenvalue weighted by Gasteiger charge is 2.25. The number of hydrogen-bond donors (Lipinski definition) is 2. The van der Waals surface area contributed by atoms with Crippen molar-refractivity contribution in [3.8, 4) is 0 Å². The fourth-order valence-corrected chi connectivity index (χ4v) is 4.29. The maximum Gasteiger partial charge on any atom is 0.253 e. The van der Waals surface area contributed by atoms with E-state index in [4.69, 9.17) is 0 Å². The number of aldehydes is 1. The molecule has 2 aliphatic heterocycles. The van der Waals surface area contributed by atoms with Crippen molar-refractivity contribution >= 4 is 35.4 Å². The smallest absolute Gasteiger partial charge is 0.253 e. The number of amides is 2. The SMILES string of the molecule is C=CC(=O)N[C@H]1CCN(c2ccc(C=O)c(Nc3ccc(C(=O)N4CCCCC4)cc3)n2)C1. The van der Waals surface area contributed by atoms with E-state index in [0.717, 1.165) is 56.7 Å². The molecule has 172 valence electrons. The maximum absolute atomic E-state index is 12.7. The Morgan fingerprint density at radius 2 is 1.79 bits per heavy atom. The second kappa shape index (κ2) is 10.3. The Bertz CT molecular complexity index is 1030. The Kier molecular flexibility index (Phi) is 7.02. The molecule has 8 nitrogen and oxygen atoms in total. The number of nitrogens with one attached hydrogen (secondary N) is 2. The number of carbonyl (C=O) groups is 3. The first-order valence-corrected chi connectivity index (χ1v) is 11.4. The van der Waals surface area contributed by atoms with Gasteiger partial charge in [-0.05, 0) is 68.2 Å². The molecule has 0 unspecified atom stereocenters. The molecule has 2 aliphatic rings. The van der Waals surface area contributed by atoms with Gasteiger partial charge in [-0.2, -0.15) is 0 Å². The first-order chi connectivity index (χ1) is 16.1. The van der Waals surface area contributed by atoms with E-state index in [2.05, 4.69) is 27.1 Å². The first kappa shape index (κ1) is 22.5. The predicted octanol–water partition coefficient (Wildman–Crippen LogP) is 3.14. The molecule has 1 atom stereocenters. The highest BCUT2D eigenvalue weighted by Crippen LogP contribution is 2.25. The topological polar surface area (TPSA) is 94.6 Å². The van der Waals surface area contributed by atoms with Crippen LogP contribution in [0.3, 0.4) is 0 Å². The van der Waals surface area contributed by atoms with Crippen LogP contribution in [-0.4, -0.2) is 60.2 Å². The van der Waals surface area contributed by atoms with Crippen LogP contribution in [0.4, 0.5) is 17.3 Å². The lowest BCUT2D eigenvalue weighted by molar-refractivity contribution is -0.117. The van der Waals surface area contributed by atoms with Gasteiger partial charge in [-0.1, -0.05) is 6.58 Å². The van der Waals surface area contributed by atoms with Crippen LogP contribution in [0.5, 0.6) is 0 Å². The van der Waals surface area contributed by atoms with Crippen molar-refractivity contribution in [3.05, 3.63) is 60.2 Å². The third-order valence-corrected chi connectivity index (χ3v) is 6.12. The summed E-state index contributed by atoms with van der Waals surface area (Å²) in [7, 11) is 0. The number of hydrogen-bond acceptors (Lipinski definition) is 6. The van der Waals surface area contributed by atoms with Crippen molar-refractivity contribution in [1.82, 2.24) is 15.2 Å². The van der Waals surface area contributed by atoms with Crippen molar-refractivity contribution in [3.63, 3.8) is 0 Å². The van der Waals surface area contributed by atoms with Crippen molar-refractivity contribution in [2.75, 3.05) is 36.4 Å². The highest BCUT2D eigenvalue weighted by molar-refractivity contribution is 5.95. The highest BCUT2D eigenvalue weighted by atomic mass is 16.2. The molecule has 2 aromatic rings. The number of carbonyl (C=O) groups excluding carboxylic acids is 3. The Labute approximate surface area is 193 Å². The van der Waals surface area contributed by atoms with Crippen molar-refractivity contribution in [2.45, 2.75) is 31.7 Å². The summed E-state index contributed by atoms with van der Waals surface area (Å²) in [6.45, 7) is 6.50. The Balaban J connectivity index is 1.45. The molecule has 0 bridgehead atoms. The lowest BCUT2D eigenvalue weighted by Crippen LogP contribution is -2.36. The van der Waals surface area contributed by atoms with Gasteiger partial charge >= 0.3 is 0 Å². The minimum atomic E-state index is -0.185. The molecule has 0 radical (unpaired) electrons. The van der Waals surface area contributed by atoms with Crippen LogP contribution >= 0.6 is 0 Å². The van der Waals surface area contributed by atoms with E-state index in [0.29, 0.717) is 23.5 Å². The fourth-order valence-electron chi connectivity index (χ4n) is 4.29. The minimum Gasteiger partial charge on any atom is -0.354 e. The lowest BCUT2D eigenvalue weighted by atomic mass is 10.1. The van der Waals surface area contributed by atoms with Gasteiger partial charge in [-0.15, -0.1) is 0 Å². The summed E-state index contributed by atoms with van der Waals surface area (Å²) in [6, 6.07) is 10.8. The maximum atomic E-state index is 12.7. The molecule has 2 fully saturated rings. The number of benzene rings is 1. The van der Waals surface area contributed by atoms with Crippen LogP contribution in [0.2, 0.25) is 0 Å². The van der Waals surface area contributed by atoms with Gasteiger partial charge in [0.15, 0.2) is 6.29 Å². The van der Waals surface area contributed by atoms with E-state index in [9.17, 15) is 14.4 Å². The monoisotopic (exact) mass is 447 g/mol. The first-order valence-electron chi connectivity index (χ1n) is 11.4. The van der Waals surface area contributed by atoms with Crippen LogP contribution in [0, 0.1) is 0 Å². The summed E-state index contributed by atoms with van der Waals surface area (Å²) in [5.41, 5.74) is 1.85. The Hall–Kier alpha value is -3.68. The van der Waals surface area contributed by atoms with Crippen LogP contribution in [-0.2, 0) is 4.79 Å². The summed E-state index contributed by atoms with van der Waals surface area (Å²) in [5.74, 6) is 1.06. The zero-order valence-corrected chi connectivity index (χ0v) is 18.6. The average molecular weight is 448 g/mol. The summed E-state index contributed by atoms with van der Waals surface area (Å²) in [4.78, 5) is 44.5. The number of rotatable bonds is 7. The third kappa shape index (κ3) is 5.39.